The number of fused-ring (bicyclic) bond motifs is 7. The van der Waals surface area contributed by atoms with Gasteiger partial charge in [-0.25, -0.2) is 0 Å². The van der Waals surface area contributed by atoms with Gasteiger partial charge in [-0.1, -0.05) is 218 Å². The summed E-state index contributed by atoms with van der Waals surface area (Å²) in [6, 6.07) is 93.6. The van der Waals surface area contributed by atoms with Gasteiger partial charge in [0.05, 0.1) is 17.4 Å². The molecule has 2 heteroatoms. The Labute approximate surface area is 397 Å². The normalized spacial score (nSPS) is 14.7. The molecule has 0 amide bonds. The first kappa shape index (κ1) is 39.6. The van der Waals surface area contributed by atoms with Gasteiger partial charge in [0.1, 0.15) is 0 Å². The zero-order chi connectivity index (χ0) is 45.0. The Bertz CT molecular complexity index is 3820. The lowest BCUT2D eigenvalue weighted by atomic mass is 9.89. The van der Waals surface area contributed by atoms with E-state index >= 15 is 0 Å². The number of benzene rings is 11. The summed E-state index contributed by atoms with van der Waals surface area (Å²) in [7, 11) is 0. The van der Waals surface area contributed by atoms with E-state index in [0.29, 0.717) is 0 Å². The maximum absolute atomic E-state index is 2.59. The van der Waals surface area contributed by atoms with Crippen LogP contribution in [0.4, 0.5) is 28.4 Å². The van der Waals surface area contributed by atoms with Gasteiger partial charge in [-0.2, -0.15) is 0 Å². The lowest BCUT2D eigenvalue weighted by Gasteiger charge is -2.33. The van der Waals surface area contributed by atoms with E-state index < -0.39 is 0 Å². The molecule has 1 heterocycles. The van der Waals surface area contributed by atoms with E-state index in [9.17, 15) is 0 Å². The first-order chi connectivity index (χ1) is 33.7. The molecule has 0 fully saturated rings. The highest BCUT2D eigenvalue weighted by molar-refractivity contribution is 6.14. The Kier molecular flexibility index (Phi) is 9.68. The quantitative estimate of drug-likeness (QED) is 0.140. The van der Waals surface area contributed by atoms with Crippen LogP contribution in [0.15, 0.2) is 255 Å². The van der Waals surface area contributed by atoms with Crippen molar-refractivity contribution in [3.05, 3.63) is 271 Å². The fourth-order valence-corrected chi connectivity index (χ4v) is 11.0. The fraction of sp³-hybridized carbons (Fsp3) is 0.0303. The zero-order valence-electron chi connectivity index (χ0n) is 37.5. The van der Waals surface area contributed by atoms with Crippen LogP contribution >= 0.6 is 0 Å². The van der Waals surface area contributed by atoms with Crippen molar-refractivity contribution in [2.45, 2.75) is 12.0 Å². The van der Waals surface area contributed by atoms with Gasteiger partial charge in [-0.15, -0.1) is 0 Å². The molecule has 0 saturated heterocycles. The molecule has 2 atom stereocenters. The van der Waals surface area contributed by atoms with Gasteiger partial charge < -0.3 is 9.80 Å². The number of nitrogens with zero attached hydrogens (tertiary/aromatic N) is 2. The zero-order valence-corrected chi connectivity index (χ0v) is 37.5. The molecule has 2 aliphatic rings. The lowest BCUT2D eigenvalue weighted by molar-refractivity contribution is 0.802. The van der Waals surface area contributed by atoms with Crippen molar-refractivity contribution >= 4 is 62.1 Å². The average molecular weight is 867 g/mol. The Balaban J connectivity index is 1.02. The smallest absolute Gasteiger partial charge is 0.0635 e. The van der Waals surface area contributed by atoms with Crippen LogP contribution < -0.4 is 20.2 Å². The molecule has 0 spiro atoms. The predicted octanol–water partition coefficient (Wildman–Crippen LogP) is 16.0. The minimum Gasteiger partial charge on any atom is -0.333 e. The molecular formula is C66H46N2. The van der Waals surface area contributed by atoms with Crippen LogP contribution in [0.2, 0.25) is 0 Å². The molecule has 0 bridgehead atoms. The highest BCUT2D eigenvalue weighted by Crippen LogP contribution is 2.52. The first-order valence-electron chi connectivity index (χ1n) is 23.7. The van der Waals surface area contributed by atoms with E-state index in [4.69, 9.17) is 0 Å². The van der Waals surface area contributed by atoms with E-state index in [2.05, 4.69) is 277 Å². The molecule has 0 aromatic heterocycles. The van der Waals surface area contributed by atoms with Crippen LogP contribution in [-0.4, -0.2) is 6.04 Å². The van der Waals surface area contributed by atoms with Crippen molar-refractivity contribution in [2.75, 3.05) is 9.80 Å². The van der Waals surface area contributed by atoms with Gasteiger partial charge in [0, 0.05) is 39.7 Å². The SMILES string of the molecule is C1=c2ccccc2=CC2C1c1ccccc1N2c1ccccc1-c1ccccc1N(c1ccc(-c2cc3ccccc3c3ccccc23)cc1)c1ccc(-c2ccccc2)cc1-c1ccccc1. The summed E-state index contributed by atoms with van der Waals surface area (Å²) in [5, 5.41) is 7.61. The second kappa shape index (κ2) is 16.6. The minimum atomic E-state index is 0.126. The number of rotatable bonds is 8. The van der Waals surface area contributed by atoms with E-state index in [1.54, 1.807) is 0 Å². The molecule has 11 aromatic carbocycles. The van der Waals surface area contributed by atoms with Crippen molar-refractivity contribution in [2.24, 2.45) is 0 Å². The Hall–Kier alpha value is -8.72. The topological polar surface area (TPSA) is 6.48 Å². The minimum absolute atomic E-state index is 0.126. The maximum atomic E-state index is 2.59. The van der Waals surface area contributed by atoms with Crippen LogP contribution in [0, 0.1) is 0 Å². The highest BCUT2D eigenvalue weighted by Gasteiger charge is 2.39. The molecule has 2 unspecified atom stereocenters. The standard InChI is InChI=1S/C66H46N2/c1-3-19-45(20-4-1)50-37-40-65(60(41-50)46-21-5-2-6-22-46)67(52-38-35-47(36-39-52)59-43-51-25-9-10-26-53(51)54-27-11-12-28-55(54)59)62-32-16-13-29-56(62)57-30-14-17-33-63(57)68-64-34-18-15-31-58(64)61-42-48-23-7-8-24-49(48)44-66(61)68/h1-44,61,66H. The molecule has 320 valence electrons. The third-order valence-electron chi connectivity index (χ3n) is 14.2. The molecule has 1 aliphatic carbocycles. The van der Waals surface area contributed by atoms with E-state index in [1.807, 2.05) is 0 Å². The summed E-state index contributed by atoms with van der Waals surface area (Å²) in [5.74, 6) is 0.232. The fourth-order valence-electron chi connectivity index (χ4n) is 11.0. The number of anilines is 5. The highest BCUT2D eigenvalue weighted by atomic mass is 15.2. The van der Waals surface area contributed by atoms with Gasteiger partial charge in [0.2, 0.25) is 0 Å². The molecule has 0 saturated carbocycles. The molecule has 0 radical (unpaired) electrons. The predicted molar refractivity (Wildman–Crippen MR) is 288 cm³/mol. The van der Waals surface area contributed by atoms with Crippen LogP contribution in [0.5, 0.6) is 0 Å². The molecule has 11 aromatic rings. The summed E-state index contributed by atoms with van der Waals surface area (Å²) in [6.07, 6.45) is 4.96. The second-order valence-corrected chi connectivity index (χ2v) is 18.0. The summed E-state index contributed by atoms with van der Waals surface area (Å²) < 4.78 is 0. The van der Waals surface area contributed by atoms with Crippen molar-refractivity contribution in [1.82, 2.24) is 0 Å². The number of para-hydroxylation sites is 3. The summed E-state index contributed by atoms with van der Waals surface area (Å²) in [6.45, 7) is 0. The summed E-state index contributed by atoms with van der Waals surface area (Å²) >= 11 is 0. The van der Waals surface area contributed by atoms with Crippen LogP contribution in [-0.2, 0) is 0 Å². The second-order valence-electron chi connectivity index (χ2n) is 18.0. The summed E-state index contributed by atoms with van der Waals surface area (Å²) in [4.78, 5) is 5.08. The van der Waals surface area contributed by atoms with Crippen LogP contribution in [0.25, 0.3) is 78.2 Å². The number of hydrogen-bond donors (Lipinski definition) is 0. The largest absolute Gasteiger partial charge is 0.333 e. The average Bonchev–Trinajstić information content (AvgIpc) is 3.73. The van der Waals surface area contributed by atoms with Crippen molar-refractivity contribution in [1.29, 1.82) is 0 Å². The van der Waals surface area contributed by atoms with Gasteiger partial charge in [-0.05, 0) is 114 Å². The van der Waals surface area contributed by atoms with E-state index in [1.165, 1.54) is 76.7 Å². The first-order valence-corrected chi connectivity index (χ1v) is 23.7. The Morgan fingerprint density at radius 2 is 0.882 bits per heavy atom. The van der Waals surface area contributed by atoms with E-state index in [-0.39, 0.29) is 12.0 Å². The van der Waals surface area contributed by atoms with Crippen molar-refractivity contribution in [3.8, 4) is 44.5 Å². The van der Waals surface area contributed by atoms with E-state index in [0.717, 1.165) is 33.8 Å². The lowest BCUT2D eigenvalue weighted by Crippen LogP contribution is -2.38. The molecular weight excluding hydrogens is 821 g/mol. The van der Waals surface area contributed by atoms with Crippen molar-refractivity contribution < 1.29 is 0 Å². The van der Waals surface area contributed by atoms with Crippen LogP contribution in [0.1, 0.15) is 11.5 Å². The molecule has 68 heavy (non-hydrogen) atoms. The van der Waals surface area contributed by atoms with Gasteiger partial charge in [0.25, 0.3) is 0 Å². The Morgan fingerprint density at radius 3 is 1.68 bits per heavy atom. The van der Waals surface area contributed by atoms with Crippen LogP contribution in [0.3, 0.4) is 0 Å². The molecule has 0 N–H and O–H groups in total. The van der Waals surface area contributed by atoms with Gasteiger partial charge in [0.15, 0.2) is 0 Å². The molecule has 1 aliphatic heterocycles. The third kappa shape index (κ3) is 6.72. The Morgan fingerprint density at radius 1 is 0.324 bits per heavy atom. The van der Waals surface area contributed by atoms with Gasteiger partial charge in [-0.3, -0.25) is 0 Å². The third-order valence-corrected chi connectivity index (χ3v) is 14.2. The van der Waals surface area contributed by atoms with Crippen molar-refractivity contribution in [3.63, 3.8) is 0 Å². The maximum Gasteiger partial charge on any atom is 0.0635 e. The van der Waals surface area contributed by atoms with Gasteiger partial charge >= 0.3 is 0 Å². The summed E-state index contributed by atoms with van der Waals surface area (Å²) in [5.41, 5.74) is 16.5. The number of hydrogen-bond acceptors (Lipinski definition) is 2. The molecule has 2 nitrogen and oxygen atoms in total. The monoisotopic (exact) mass is 866 g/mol. The molecule has 13 rings (SSSR count).